The van der Waals surface area contributed by atoms with Crippen molar-refractivity contribution in [2.75, 3.05) is 39.4 Å². The lowest BCUT2D eigenvalue weighted by atomic mass is 10.0. The van der Waals surface area contributed by atoms with Gasteiger partial charge < -0.3 is 14.4 Å². The third kappa shape index (κ3) is 4.16. The molecule has 128 valence electrons. The number of likely N-dealkylation sites (tertiary alicyclic amines) is 1. The van der Waals surface area contributed by atoms with Crippen LogP contribution in [0, 0.1) is 5.92 Å². The summed E-state index contributed by atoms with van der Waals surface area (Å²) in [4.78, 5) is 2.54. The van der Waals surface area contributed by atoms with Gasteiger partial charge in [0.25, 0.3) is 0 Å². The van der Waals surface area contributed by atoms with Gasteiger partial charge in [0.15, 0.2) is 11.5 Å². The minimum Gasteiger partial charge on any atom is -0.486 e. The van der Waals surface area contributed by atoms with Gasteiger partial charge in [0.1, 0.15) is 13.2 Å². The minimum atomic E-state index is -3.52. The lowest BCUT2D eigenvalue weighted by Crippen LogP contribution is -2.40. The third-order valence-corrected chi connectivity index (χ3v) is 5.74. The van der Waals surface area contributed by atoms with Crippen LogP contribution >= 0.6 is 0 Å². The molecular weight excluding hydrogens is 316 g/mol. The summed E-state index contributed by atoms with van der Waals surface area (Å²) in [7, 11) is -3.52. The van der Waals surface area contributed by atoms with Crippen molar-refractivity contribution in [2.24, 2.45) is 5.92 Å². The molecule has 2 heterocycles. The fraction of sp³-hybridized carbons (Fsp3) is 0.625. The maximum atomic E-state index is 12.4. The van der Waals surface area contributed by atoms with Gasteiger partial charge in [-0.3, -0.25) is 0 Å². The Labute approximate surface area is 137 Å². The number of fused-ring (bicyclic) bond motifs is 1. The summed E-state index contributed by atoms with van der Waals surface area (Å²) in [5.74, 6) is 1.78. The number of benzene rings is 1. The van der Waals surface area contributed by atoms with Crippen LogP contribution in [0.25, 0.3) is 0 Å². The van der Waals surface area contributed by atoms with Gasteiger partial charge in [0.2, 0.25) is 10.0 Å². The second-order valence-corrected chi connectivity index (χ2v) is 8.02. The number of piperidine rings is 1. The molecule has 3 rings (SSSR count). The maximum absolute atomic E-state index is 12.4. The van der Waals surface area contributed by atoms with Crippen molar-refractivity contribution in [1.82, 2.24) is 9.62 Å². The molecule has 1 N–H and O–H groups in total. The molecule has 1 aromatic rings. The largest absolute Gasteiger partial charge is 0.486 e. The van der Waals surface area contributed by atoms with E-state index >= 15 is 0 Å². The predicted octanol–water partition coefficient (Wildman–Crippen LogP) is 1.47. The fourth-order valence-corrected chi connectivity index (χ4v) is 4.14. The predicted molar refractivity (Wildman–Crippen MR) is 87.5 cm³/mol. The van der Waals surface area contributed by atoms with Crippen LogP contribution in [0.15, 0.2) is 23.1 Å². The van der Waals surface area contributed by atoms with Gasteiger partial charge in [-0.1, -0.05) is 6.92 Å². The molecule has 0 aliphatic carbocycles. The molecule has 0 bridgehead atoms. The van der Waals surface area contributed by atoms with Crippen LogP contribution in [-0.2, 0) is 10.0 Å². The first-order valence-electron chi connectivity index (χ1n) is 8.16. The van der Waals surface area contributed by atoms with E-state index in [0.29, 0.717) is 37.2 Å². The first-order valence-corrected chi connectivity index (χ1v) is 9.64. The first kappa shape index (κ1) is 16.5. The van der Waals surface area contributed by atoms with Crippen LogP contribution in [0.4, 0.5) is 0 Å². The van der Waals surface area contributed by atoms with E-state index in [9.17, 15) is 8.42 Å². The van der Waals surface area contributed by atoms with Crippen LogP contribution < -0.4 is 14.2 Å². The molecule has 2 aliphatic rings. The lowest BCUT2D eigenvalue weighted by molar-refractivity contribution is 0.171. The van der Waals surface area contributed by atoms with Crippen molar-refractivity contribution in [3.8, 4) is 11.5 Å². The standard InChI is InChI=1S/C16H24N2O4S/c1-13-3-2-7-18(12-13)8-6-17-23(19,20)14-4-5-15-16(11-14)22-10-9-21-15/h4-5,11,13,17H,2-3,6-10,12H2,1H3. The summed E-state index contributed by atoms with van der Waals surface area (Å²) < 4.78 is 38.3. The van der Waals surface area contributed by atoms with E-state index in [1.807, 2.05) is 0 Å². The molecular formula is C16H24N2O4S. The van der Waals surface area contributed by atoms with E-state index in [4.69, 9.17) is 9.47 Å². The Hall–Kier alpha value is -1.31. The van der Waals surface area contributed by atoms with E-state index in [0.717, 1.165) is 19.6 Å². The van der Waals surface area contributed by atoms with E-state index in [2.05, 4.69) is 16.5 Å². The Morgan fingerprint density at radius 3 is 2.83 bits per heavy atom. The van der Waals surface area contributed by atoms with Crippen LogP contribution in [0.2, 0.25) is 0 Å². The van der Waals surface area contributed by atoms with Crippen LogP contribution in [0.5, 0.6) is 11.5 Å². The minimum absolute atomic E-state index is 0.216. The zero-order chi connectivity index (χ0) is 16.3. The highest BCUT2D eigenvalue weighted by Crippen LogP contribution is 2.32. The highest BCUT2D eigenvalue weighted by atomic mass is 32.2. The summed E-state index contributed by atoms with van der Waals surface area (Å²) in [6.45, 7) is 6.44. The van der Waals surface area contributed by atoms with Gasteiger partial charge in [-0.2, -0.15) is 0 Å². The Bertz CT molecular complexity index is 647. The maximum Gasteiger partial charge on any atom is 0.240 e. The third-order valence-electron chi connectivity index (χ3n) is 4.29. The molecule has 1 fully saturated rings. The lowest BCUT2D eigenvalue weighted by Gasteiger charge is -2.30. The molecule has 1 aromatic carbocycles. The topological polar surface area (TPSA) is 67.9 Å². The molecule has 0 amide bonds. The highest BCUT2D eigenvalue weighted by molar-refractivity contribution is 7.89. The number of hydrogen-bond acceptors (Lipinski definition) is 5. The summed E-state index contributed by atoms with van der Waals surface area (Å²) >= 11 is 0. The summed E-state index contributed by atoms with van der Waals surface area (Å²) in [5, 5.41) is 0. The van der Waals surface area contributed by atoms with E-state index in [1.54, 1.807) is 12.1 Å². The molecule has 1 atom stereocenters. The molecule has 7 heteroatoms. The zero-order valence-corrected chi connectivity index (χ0v) is 14.3. The van der Waals surface area contributed by atoms with E-state index in [1.165, 1.54) is 18.9 Å². The molecule has 23 heavy (non-hydrogen) atoms. The van der Waals surface area contributed by atoms with Crippen molar-refractivity contribution in [3.63, 3.8) is 0 Å². The van der Waals surface area contributed by atoms with Gasteiger partial charge >= 0.3 is 0 Å². The van der Waals surface area contributed by atoms with Crippen molar-refractivity contribution < 1.29 is 17.9 Å². The zero-order valence-electron chi connectivity index (χ0n) is 13.5. The number of nitrogens with one attached hydrogen (secondary N) is 1. The highest BCUT2D eigenvalue weighted by Gasteiger charge is 2.20. The number of rotatable bonds is 5. The summed E-state index contributed by atoms with van der Waals surface area (Å²) in [5.41, 5.74) is 0. The van der Waals surface area contributed by atoms with Gasteiger partial charge in [0, 0.05) is 25.7 Å². The smallest absolute Gasteiger partial charge is 0.240 e. The van der Waals surface area contributed by atoms with Crippen LogP contribution in [0.1, 0.15) is 19.8 Å². The Balaban J connectivity index is 1.58. The summed E-state index contributed by atoms with van der Waals surface area (Å²) in [6.07, 6.45) is 2.45. The van der Waals surface area contributed by atoms with Gasteiger partial charge in [-0.25, -0.2) is 13.1 Å². The SMILES string of the molecule is CC1CCCN(CCNS(=O)(=O)c2ccc3c(c2)OCCO3)C1. The van der Waals surface area contributed by atoms with Crippen LogP contribution in [-0.4, -0.2) is 52.7 Å². The van der Waals surface area contributed by atoms with Gasteiger partial charge in [-0.05, 0) is 37.4 Å². The molecule has 2 aliphatic heterocycles. The molecule has 0 saturated carbocycles. The normalized spacial score (nSPS) is 22.0. The second-order valence-electron chi connectivity index (χ2n) is 6.25. The van der Waals surface area contributed by atoms with Gasteiger partial charge in [-0.15, -0.1) is 0 Å². The molecule has 0 radical (unpaired) electrons. The number of nitrogens with zero attached hydrogens (tertiary/aromatic N) is 1. The average molecular weight is 340 g/mol. The van der Waals surface area contributed by atoms with Crippen molar-refractivity contribution in [3.05, 3.63) is 18.2 Å². The summed E-state index contributed by atoms with van der Waals surface area (Å²) in [6, 6.07) is 4.73. The Morgan fingerprint density at radius 1 is 1.26 bits per heavy atom. The Morgan fingerprint density at radius 2 is 2.04 bits per heavy atom. The second kappa shape index (κ2) is 7.07. The molecule has 0 aromatic heterocycles. The Kier molecular flexibility index (Phi) is 5.08. The van der Waals surface area contributed by atoms with Crippen molar-refractivity contribution >= 4 is 10.0 Å². The molecule has 6 nitrogen and oxygen atoms in total. The monoisotopic (exact) mass is 340 g/mol. The first-order chi connectivity index (χ1) is 11.0. The molecule has 0 spiro atoms. The van der Waals surface area contributed by atoms with Gasteiger partial charge in [0.05, 0.1) is 4.90 Å². The molecule has 1 unspecified atom stereocenters. The quantitative estimate of drug-likeness (QED) is 0.879. The average Bonchev–Trinajstić information content (AvgIpc) is 2.54. The van der Waals surface area contributed by atoms with E-state index < -0.39 is 10.0 Å². The van der Waals surface area contributed by atoms with Crippen LogP contribution in [0.3, 0.4) is 0 Å². The van der Waals surface area contributed by atoms with Crippen molar-refractivity contribution in [1.29, 1.82) is 0 Å². The van der Waals surface area contributed by atoms with E-state index in [-0.39, 0.29) is 4.90 Å². The number of ether oxygens (including phenoxy) is 2. The number of hydrogen-bond donors (Lipinski definition) is 1. The fourth-order valence-electron chi connectivity index (χ4n) is 3.10. The molecule has 1 saturated heterocycles. The van der Waals surface area contributed by atoms with Crippen molar-refractivity contribution in [2.45, 2.75) is 24.7 Å². The number of sulfonamides is 1.